The Bertz CT molecular complexity index is 783. The third-order valence-corrected chi connectivity index (χ3v) is 5.18. The van der Waals surface area contributed by atoms with Crippen LogP contribution < -0.4 is 11.4 Å². The molecule has 0 spiro atoms. The van der Waals surface area contributed by atoms with Crippen LogP contribution in [0.5, 0.6) is 0 Å². The Morgan fingerprint density at radius 3 is 2.60 bits per heavy atom. The summed E-state index contributed by atoms with van der Waals surface area (Å²) in [5.41, 5.74) is 4.34. The molecule has 13 nitrogen and oxygen atoms in total. The second-order valence-electron chi connectivity index (χ2n) is 4.88. The molecule has 0 bridgehead atoms. The highest BCUT2D eigenvalue weighted by Gasteiger charge is 2.47. The molecule has 1 aliphatic rings. The van der Waals surface area contributed by atoms with Crippen molar-refractivity contribution in [3.05, 3.63) is 22.7 Å². The minimum Gasteiger partial charge on any atom is -0.387 e. The minimum atomic E-state index is -5.33. The molecule has 1 aromatic rings. The van der Waals surface area contributed by atoms with Crippen LogP contribution >= 0.6 is 15.6 Å². The molecule has 6 N–H and O–H groups in total. The lowest BCUT2D eigenvalue weighted by Gasteiger charge is -2.17. The number of aliphatic hydroxyl groups excluding tert-OH is 1. The van der Waals surface area contributed by atoms with Crippen molar-refractivity contribution in [3.63, 3.8) is 0 Å². The molecule has 2 rings (SSSR count). The number of hydrogen-bond acceptors (Lipinski definition) is 9. The Hall–Kier alpha value is -1.21. The summed E-state index contributed by atoms with van der Waals surface area (Å²) in [6.45, 7) is -0.955. The van der Waals surface area contributed by atoms with Gasteiger partial charge in [0.1, 0.15) is 18.0 Å². The van der Waals surface area contributed by atoms with Crippen LogP contribution in [0.3, 0.4) is 0 Å². The van der Waals surface area contributed by atoms with Gasteiger partial charge in [0.05, 0.1) is 6.61 Å². The van der Waals surface area contributed by atoms with Crippen molar-refractivity contribution in [2.75, 3.05) is 12.3 Å². The maximum Gasteiger partial charge on any atom is 0.481 e. The summed E-state index contributed by atoms with van der Waals surface area (Å²) < 4.78 is 49.6. The van der Waals surface area contributed by atoms with Crippen LogP contribution in [0.1, 0.15) is 6.23 Å². The Kier molecular flexibility index (Phi) is 5.78. The minimum absolute atomic E-state index is 0.120. The Balaban J connectivity index is 2.08. The average Bonchev–Trinajstić information content (AvgIpc) is 2.71. The number of nitrogens with two attached hydrogens (primary N) is 1. The summed E-state index contributed by atoms with van der Waals surface area (Å²) >= 11 is 0. The third-order valence-electron chi connectivity index (χ3n) is 3.03. The van der Waals surface area contributed by atoms with E-state index in [1.165, 1.54) is 6.07 Å². The smallest absolute Gasteiger partial charge is 0.387 e. The van der Waals surface area contributed by atoms with E-state index in [-0.39, 0.29) is 5.82 Å². The maximum atomic E-state index is 14.2. The SMILES string of the molecule is Nc1ccn([C@@H]2O[C@H](COP(=O)(O)OP(=O)(O)O)[C@@H](O)[C@H]2F)c(=O)n1. The first-order valence-corrected chi connectivity index (χ1v) is 9.49. The zero-order valence-corrected chi connectivity index (χ0v) is 13.9. The van der Waals surface area contributed by atoms with Gasteiger partial charge in [-0.1, -0.05) is 0 Å². The first-order valence-electron chi connectivity index (χ1n) is 6.46. The fraction of sp³-hybridized carbons (Fsp3) is 0.556. The van der Waals surface area contributed by atoms with Crippen molar-refractivity contribution < 1.29 is 46.9 Å². The van der Waals surface area contributed by atoms with E-state index >= 15 is 0 Å². The molecule has 0 aliphatic carbocycles. The maximum absolute atomic E-state index is 14.2. The quantitative estimate of drug-likeness (QED) is 0.349. The Labute approximate surface area is 138 Å². The number of aromatic nitrogens is 2. The molecular weight excluding hydrogens is 391 g/mol. The molecule has 0 aromatic carbocycles. The summed E-state index contributed by atoms with van der Waals surface area (Å²) in [6, 6.07) is 1.18. The van der Waals surface area contributed by atoms with Crippen molar-refractivity contribution in [2.24, 2.45) is 0 Å². The van der Waals surface area contributed by atoms with Crippen LogP contribution in [0.4, 0.5) is 10.2 Å². The van der Waals surface area contributed by atoms with Crippen molar-refractivity contribution in [3.8, 4) is 0 Å². The highest BCUT2D eigenvalue weighted by atomic mass is 31.3. The van der Waals surface area contributed by atoms with Gasteiger partial charge in [0.25, 0.3) is 0 Å². The molecule has 0 radical (unpaired) electrons. The first kappa shape index (κ1) is 20.1. The normalized spacial score (nSPS) is 29.5. The highest BCUT2D eigenvalue weighted by Crippen LogP contribution is 2.57. The summed E-state index contributed by atoms with van der Waals surface area (Å²) in [7, 11) is -10.5. The van der Waals surface area contributed by atoms with E-state index in [2.05, 4.69) is 13.8 Å². The number of rotatable bonds is 6. The largest absolute Gasteiger partial charge is 0.481 e. The van der Waals surface area contributed by atoms with Gasteiger partial charge in [0.2, 0.25) is 0 Å². The van der Waals surface area contributed by atoms with Crippen molar-refractivity contribution >= 4 is 21.5 Å². The number of hydrogen-bond donors (Lipinski definition) is 5. The molecule has 25 heavy (non-hydrogen) atoms. The van der Waals surface area contributed by atoms with Gasteiger partial charge in [-0.25, -0.2) is 18.3 Å². The molecule has 1 aliphatic heterocycles. The fourth-order valence-corrected chi connectivity index (χ4v) is 3.61. The van der Waals surface area contributed by atoms with Gasteiger partial charge in [0, 0.05) is 6.20 Å². The van der Waals surface area contributed by atoms with Crippen LogP contribution in [0.15, 0.2) is 17.1 Å². The summed E-state index contributed by atoms with van der Waals surface area (Å²) in [5, 5.41) is 9.76. The lowest BCUT2D eigenvalue weighted by atomic mass is 10.1. The highest BCUT2D eigenvalue weighted by molar-refractivity contribution is 7.60. The first-order chi connectivity index (χ1) is 11.4. The van der Waals surface area contributed by atoms with Crippen LogP contribution in [0, 0.1) is 0 Å². The van der Waals surface area contributed by atoms with Crippen LogP contribution in [0.2, 0.25) is 0 Å². The molecule has 1 unspecified atom stereocenters. The van der Waals surface area contributed by atoms with Crippen LogP contribution in [-0.4, -0.2) is 54.3 Å². The van der Waals surface area contributed by atoms with Crippen LogP contribution in [-0.2, 0) is 22.7 Å². The number of alkyl halides is 1. The number of halogens is 1. The van der Waals surface area contributed by atoms with E-state index in [1.807, 2.05) is 0 Å². The number of anilines is 1. The predicted molar refractivity (Wildman–Crippen MR) is 76.6 cm³/mol. The zero-order chi connectivity index (χ0) is 19.0. The molecule has 16 heteroatoms. The number of phosphoric ester groups is 1. The van der Waals surface area contributed by atoms with Gasteiger partial charge in [-0.2, -0.15) is 9.29 Å². The van der Waals surface area contributed by atoms with E-state index in [0.717, 1.165) is 6.20 Å². The molecule has 0 saturated carbocycles. The number of phosphoric acid groups is 2. The van der Waals surface area contributed by atoms with E-state index in [0.29, 0.717) is 4.57 Å². The molecule has 1 fully saturated rings. The lowest BCUT2D eigenvalue weighted by Crippen LogP contribution is -2.33. The van der Waals surface area contributed by atoms with Crippen LogP contribution in [0.25, 0.3) is 0 Å². The Morgan fingerprint density at radius 2 is 2.04 bits per heavy atom. The van der Waals surface area contributed by atoms with Gasteiger partial charge in [0.15, 0.2) is 12.4 Å². The number of aliphatic hydroxyl groups is 1. The van der Waals surface area contributed by atoms with E-state index in [4.69, 9.17) is 25.2 Å². The van der Waals surface area contributed by atoms with Gasteiger partial charge < -0.3 is 30.3 Å². The molecular formula is C9H14FN3O10P2. The third kappa shape index (κ3) is 5.14. The molecule has 1 saturated heterocycles. The van der Waals surface area contributed by atoms with E-state index in [9.17, 15) is 23.4 Å². The standard InChI is InChI=1S/C9H14FN3O10P2/c10-6-7(14)4(3-21-25(19,20)23-24(16,17)18)22-8(6)13-2-1-5(11)12-9(13)15/h1-2,4,6-8,14H,3H2,(H,19,20)(H2,11,12,15)(H2,16,17,18)/t4-,6-,7-,8-/m1/s1. The topological polar surface area (TPSA) is 204 Å². The second-order valence-corrected chi connectivity index (χ2v) is 7.71. The van der Waals surface area contributed by atoms with Crippen molar-refractivity contribution in [2.45, 2.75) is 24.6 Å². The second kappa shape index (κ2) is 7.19. The summed E-state index contributed by atoms with van der Waals surface area (Å²) in [5.74, 6) is -0.120. The average molecular weight is 405 g/mol. The van der Waals surface area contributed by atoms with Crippen molar-refractivity contribution in [1.29, 1.82) is 0 Å². The van der Waals surface area contributed by atoms with E-state index in [1.54, 1.807) is 0 Å². The zero-order valence-electron chi connectivity index (χ0n) is 12.2. The fourth-order valence-electron chi connectivity index (χ4n) is 2.01. The molecule has 2 heterocycles. The summed E-state index contributed by atoms with van der Waals surface area (Å²) in [4.78, 5) is 41.1. The predicted octanol–water partition coefficient (Wildman–Crippen LogP) is -1.35. The monoisotopic (exact) mass is 405 g/mol. The van der Waals surface area contributed by atoms with Crippen molar-refractivity contribution in [1.82, 2.24) is 9.55 Å². The van der Waals surface area contributed by atoms with Gasteiger partial charge >= 0.3 is 21.3 Å². The Morgan fingerprint density at radius 1 is 1.40 bits per heavy atom. The molecule has 142 valence electrons. The lowest BCUT2D eigenvalue weighted by molar-refractivity contribution is -0.0482. The van der Waals surface area contributed by atoms with Gasteiger partial charge in [-0.15, -0.1) is 0 Å². The number of nitrogens with zero attached hydrogens (tertiary/aromatic N) is 2. The van der Waals surface area contributed by atoms with Gasteiger partial charge in [-0.05, 0) is 6.07 Å². The number of nitrogen functional groups attached to an aromatic ring is 1. The molecule has 0 amide bonds. The molecule has 5 atom stereocenters. The molecule has 1 aromatic heterocycles. The summed E-state index contributed by atoms with van der Waals surface area (Å²) in [6.07, 6.45) is -6.08. The van der Waals surface area contributed by atoms with E-state index < -0.39 is 52.5 Å². The number of ether oxygens (including phenoxy) is 1. The van der Waals surface area contributed by atoms with Gasteiger partial charge in [-0.3, -0.25) is 9.09 Å².